The normalized spacial score (nSPS) is 13.4. The van der Waals surface area contributed by atoms with Crippen LogP contribution < -0.4 is 4.74 Å². The third-order valence-corrected chi connectivity index (χ3v) is 3.40. The molecule has 2 rings (SSSR count). The zero-order valence-electron chi connectivity index (χ0n) is 14.6. The first kappa shape index (κ1) is 18.0. The summed E-state index contributed by atoms with van der Waals surface area (Å²) in [6.07, 6.45) is 7.09. The SMILES string of the molecule is C=CCOC(/C(=C\c1cccnc1)Oc1ccccc1)C(C)(C)C. The monoisotopic (exact) mass is 323 g/mol. The Morgan fingerprint density at radius 1 is 1.17 bits per heavy atom. The van der Waals surface area contributed by atoms with E-state index < -0.39 is 0 Å². The van der Waals surface area contributed by atoms with Gasteiger partial charge in [0.1, 0.15) is 17.6 Å². The molecule has 1 heterocycles. The standard InChI is InChI=1S/C21H25NO2/c1-5-14-23-20(21(2,3)4)19(15-17-10-9-13-22-16-17)24-18-11-7-6-8-12-18/h5-13,15-16,20H,1,14H2,2-4H3/b19-15+. The van der Waals surface area contributed by atoms with Gasteiger partial charge in [0.25, 0.3) is 0 Å². The maximum atomic E-state index is 6.18. The van der Waals surface area contributed by atoms with Crippen LogP contribution >= 0.6 is 0 Å². The van der Waals surface area contributed by atoms with Crippen LogP contribution in [0, 0.1) is 5.41 Å². The summed E-state index contributed by atoms with van der Waals surface area (Å²) in [5.41, 5.74) is 0.839. The highest BCUT2D eigenvalue weighted by Crippen LogP contribution is 2.31. The van der Waals surface area contributed by atoms with E-state index in [1.165, 1.54) is 0 Å². The van der Waals surface area contributed by atoms with Crippen LogP contribution in [0.1, 0.15) is 26.3 Å². The number of hydrogen-bond donors (Lipinski definition) is 0. The number of benzene rings is 1. The molecular formula is C21H25NO2. The average Bonchev–Trinajstić information content (AvgIpc) is 2.56. The van der Waals surface area contributed by atoms with Crippen LogP contribution in [0.25, 0.3) is 6.08 Å². The molecule has 0 bridgehead atoms. The third kappa shape index (κ3) is 5.36. The number of hydrogen-bond acceptors (Lipinski definition) is 3. The van der Waals surface area contributed by atoms with Gasteiger partial charge in [0, 0.05) is 12.4 Å². The maximum absolute atomic E-state index is 6.18. The zero-order valence-corrected chi connectivity index (χ0v) is 14.6. The molecule has 2 aromatic rings. The molecule has 0 aliphatic heterocycles. The van der Waals surface area contributed by atoms with Crippen molar-refractivity contribution < 1.29 is 9.47 Å². The van der Waals surface area contributed by atoms with Crippen molar-refractivity contribution in [3.63, 3.8) is 0 Å². The molecule has 1 aromatic heterocycles. The number of para-hydroxylation sites is 1. The van der Waals surface area contributed by atoms with E-state index in [2.05, 4.69) is 32.3 Å². The molecule has 0 N–H and O–H groups in total. The smallest absolute Gasteiger partial charge is 0.134 e. The highest BCUT2D eigenvalue weighted by atomic mass is 16.5. The summed E-state index contributed by atoms with van der Waals surface area (Å²) in [5.74, 6) is 1.53. The average molecular weight is 323 g/mol. The van der Waals surface area contributed by atoms with Crippen LogP contribution in [0.2, 0.25) is 0 Å². The summed E-state index contributed by atoms with van der Waals surface area (Å²) in [6, 6.07) is 13.6. The van der Waals surface area contributed by atoms with Gasteiger partial charge in [-0.25, -0.2) is 0 Å². The predicted octanol–water partition coefficient (Wildman–Crippen LogP) is 5.12. The number of pyridine rings is 1. The van der Waals surface area contributed by atoms with Gasteiger partial charge in [-0.3, -0.25) is 4.98 Å². The fourth-order valence-electron chi connectivity index (χ4n) is 2.33. The molecule has 0 spiro atoms. The Kier molecular flexibility index (Phi) is 6.33. The van der Waals surface area contributed by atoms with Gasteiger partial charge in [-0.1, -0.05) is 51.1 Å². The lowest BCUT2D eigenvalue weighted by Gasteiger charge is -2.32. The minimum Gasteiger partial charge on any atom is -0.459 e. The summed E-state index contributed by atoms with van der Waals surface area (Å²) in [6.45, 7) is 10.6. The van der Waals surface area contributed by atoms with Gasteiger partial charge in [0.2, 0.25) is 0 Å². The molecule has 3 heteroatoms. The summed E-state index contributed by atoms with van der Waals surface area (Å²) in [7, 11) is 0. The van der Waals surface area contributed by atoms with Gasteiger partial charge in [0.15, 0.2) is 0 Å². The molecule has 1 atom stereocenters. The molecule has 0 fully saturated rings. The second kappa shape index (κ2) is 8.46. The molecule has 24 heavy (non-hydrogen) atoms. The highest BCUT2D eigenvalue weighted by Gasteiger charge is 2.30. The van der Waals surface area contributed by atoms with Gasteiger partial charge < -0.3 is 9.47 Å². The van der Waals surface area contributed by atoms with Crippen LogP contribution in [-0.2, 0) is 4.74 Å². The maximum Gasteiger partial charge on any atom is 0.134 e. The zero-order chi connectivity index (χ0) is 17.4. The molecule has 0 aliphatic rings. The van der Waals surface area contributed by atoms with Crippen molar-refractivity contribution in [1.82, 2.24) is 4.98 Å². The van der Waals surface area contributed by atoms with Crippen molar-refractivity contribution in [2.45, 2.75) is 26.9 Å². The second-order valence-electron chi connectivity index (χ2n) is 6.62. The predicted molar refractivity (Wildman–Crippen MR) is 98.7 cm³/mol. The molecule has 0 saturated carbocycles. The third-order valence-electron chi connectivity index (χ3n) is 3.40. The number of nitrogens with zero attached hydrogens (tertiary/aromatic N) is 1. The first-order chi connectivity index (χ1) is 11.5. The van der Waals surface area contributed by atoms with Crippen LogP contribution in [0.5, 0.6) is 5.75 Å². The minimum absolute atomic E-state index is 0.133. The van der Waals surface area contributed by atoms with Gasteiger partial charge in [-0.2, -0.15) is 0 Å². The molecule has 0 radical (unpaired) electrons. The molecule has 126 valence electrons. The van der Waals surface area contributed by atoms with E-state index in [-0.39, 0.29) is 11.5 Å². The fraction of sp³-hybridized carbons (Fsp3) is 0.286. The number of rotatable bonds is 7. The Hall–Kier alpha value is -2.39. The molecule has 0 amide bonds. The summed E-state index contributed by atoms with van der Waals surface area (Å²) in [4.78, 5) is 4.17. The van der Waals surface area contributed by atoms with Gasteiger partial charge in [-0.05, 0) is 35.3 Å². The molecule has 3 nitrogen and oxygen atoms in total. The molecule has 0 aliphatic carbocycles. The van der Waals surface area contributed by atoms with Crippen molar-refractivity contribution in [3.05, 3.63) is 78.8 Å². The quantitative estimate of drug-likeness (QED) is 0.523. The van der Waals surface area contributed by atoms with Gasteiger partial charge in [0.05, 0.1) is 6.61 Å². The summed E-state index contributed by atoms with van der Waals surface area (Å²) >= 11 is 0. The molecule has 1 aromatic carbocycles. The first-order valence-corrected chi connectivity index (χ1v) is 8.07. The largest absolute Gasteiger partial charge is 0.459 e. The van der Waals surface area contributed by atoms with E-state index in [0.717, 1.165) is 17.1 Å². The lowest BCUT2D eigenvalue weighted by molar-refractivity contribution is 0.00175. The van der Waals surface area contributed by atoms with Crippen molar-refractivity contribution in [1.29, 1.82) is 0 Å². The number of ether oxygens (including phenoxy) is 2. The number of aromatic nitrogens is 1. The van der Waals surface area contributed by atoms with Crippen molar-refractivity contribution >= 4 is 6.08 Å². The Morgan fingerprint density at radius 3 is 2.50 bits per heavy atom. The Labute approximate surface area is 144 Å². The second-order valence-corrected chi connectivity index (χ2v) is 6.62. The van der Waals surface area contributed by atoms with Crippen LogP contribution in [0.3, 0.4) is 0 Å². The van der Waals surface area contributed by atoms with Crippen LogP contribution in [-0.4, -0.2) is 17.7 Å². The van der Waals surface area contributed by atoms with E-state index in [4.69, 9.17) is 9.47 Å². The van der Waals surface area contributed by atoms with Crippen LogP contribution in [0.4, 0.5) is 0 Å². The molecule has 0 saturated heterocycles. The van der Waals surface area contributed by atoms with Crippen molar-refractivity contribution in [3.8, 4) is 5.75 Å². The van der Waals surface area contributed by atoms with E-state index in [0.29, 0.717) is 6.61 Å². The van der Waals surface area contributed by atoms with Crippen LogP contribution in [0.15, 0.2) is 73.3 Å². The summed E-state index contributed by atoms with van der Waals surface area (Å²) in [5, 5.41) is 0. The Bertz CT molecular complexity index is 657. The van der Waals surface area contributed by atoms with E-state index in [1.807, 2.05) is 54.7 Å². The van der Waals surface area contributed by atoms with E-state index in [1.54, 1.807) is 12.3 Å². The lowest BCUT2D eigenvalue weighted by atomic mass is 9.87. The molecular weight excluding hydrogens is 298 g/mol. The van der Waals surface area contributed by atoms with Gasteiger partial charge in [-0.15, -0.1) is 6.58 Å². The van der Waals surface area contributed by atoms with Gasteiger partial charge >= 0.3 is 0 Å². The Morgan fingerprint density at radius 2 is 1.92 bits per heavy atom. The van der Waals surface area contributed by atoms with E-state index >= 15 is 0 Å². The summed E-state index contributed by atoms with van der Waals surface area (Å²) < 4.78 is 12.2. The molecule has 1 unspecified atom stereocenters. The van der Waals surface area contributed by atoms with Crippen molar-refractivity contribution in [2.75, 3.05) is 6.61 Å². The lowest BCUT2D eigenvalue weighted by Crippen LogP contribution is -2.33. The Balaban J connectivity index is 2.39. The fourth-order valence-corrected chi connectivity index (χ4v) is 2.33. The topological polar surface area (TPSA) is 31.4 Å². The van der Waals surface area contributed by atoms with E-state index in [9.17, 15) is 0 Å². The minimum atomic E-state index is -0.212. The van der Waals surface area contributed by atoms with Crippen molar-refractivity contribution in [2.24, 2.45) is 5.41 Å². The first-order valence-electron chi connectivity index (χ1n) is 8.07. The highest BCUT2D eigenvalue weighted by molar-refractivity contribution is 5.52.